The molecule has 6 heteroatoms. The fourth-order valence-corrected chi connectivity index (χ4v) is 1.25. The van der Waals surface area contributed by atoms with E-state index in [1.165, 1.54) is 6.07 Å². The summed E-state index contributed by atoms with van der Waals surface area (Å²) in [7, 11) is 0. The van der Waals surface area contributed by atoms with E-state index in [1.807, 2.05) is 12.1 Å². The third-order valence-electron chi connectivity index (χ3n) is 2.11. The van der Waals surface area contributed by atoms with Crippen molar-refractivity contribution in [2.45, 2.75) is 6.54 Å². The highest BCUT2D eigenvalue weighted by Gasteiger charge is 2.02. The van der Waals surface area contributed by atoms with Crippen LogP contribution in [0.5, 0.6) is 0 Å². The summed E-state index contributed by atoms with van der Waals surface area (Å²) in [6.07, 6.45) is 3.48. The Kier molecular flexibility index (Phi) is 3.25. The Hall–Kier alpha value is -2.50. The molecule has 0 atom stereocenters. The number of rotatable bonds is 4. The molecule has 86 valence electrons. The average molecular weight is 229 g/mol. The van der Waals surface area contributed by atoms with Gasteiger partial charge in [0.1, 0.15) is 5.82 Å². The lowest BCUT2D eigenvalue weighted by molar-refractivity contribution is 0.0994. The Morgan fingerprint density at radius 2 is 2.18 bits per heavy atom. The number of amides is 1. The van der Waals surface area contributed by atoms with Crippen LogP contribution >= 0.6 is 0 Å². The number of anilines is 1. The molecule has 6 nitrogen and oxygen atoms in total. The van der Waals surface area contributed by atoms with E-state index in [2.05, 4.69) is 20.5 Å². The van der Waals surface area contributed by atoms with Crippen LogP contribution in [-0.4, -0.2) is 21.1 Å². The van der Waals surface area contributed by atoms with E-state index in [-0.39, 0.29) is 5.69 Å². The van der Waals surface area contributed by atoms with Crippen LogP contribution in [0.2, 0.25) is 0 Å². The standard InChI is InChI=1S/C11H11N5O/c12-11(17)9-3-4-10(16-15-9)14-7-8-2-1-5-13-6-8/h1-6H,7H2,(H2,12,17)(H,14,16). The first kappa shape index (κ1) is 11.0. The molecule has 0 aromatic carbocycles. The van der Waals surface area contributed by atoms with Crippen molar-refractivity contribution >= 4 is 11.7 Å². The number of aromatic nitrogens is 3. The van der Waals surface area contributed by atoms with E-state index in [9.17, 15) is 4.79 Å². The second-order valence-electron chi connectivity index (χ2n) is 3.38. The van der Waals surface area contributed by atoms with Crippen molar-refractivity contribution in [3.63, 3.8) is 0 Å². The first-order chi connectivity index (χ1) is 8.25. The molecule has 0 bridgehead atoms. The number of pyridine rings is 1. The van der Waals surface area contributed by atoms with Gasteiger partial charge in [0.15, 0.2) is 5.69 Å². The quantitative estimate of drug-likeness (QED) is 0.799. The number of carbonyl (C=O) groups excluding carboxylic acids is 1. The maximum Gasteiger partial charge on any atom is 0.269 e. The van der Waals surface area contributed by atoms with Gasteiger partial charge in [-0.25, -0.2) is 0 Å². The maximum absolute atomic E-state index is 10.8. The summed E-state index contributed by atoms with van der Waals surface area (Å²) in [6, 6.07) is 6.99. The SMILES string of the molecule is NC(=O)c1ccc(NCc2cccnc2)nn1. The molecule has 0 spiro atoms. The van der Waals surface area contributed by atoms with Gasteiger partial charge in [-0.1, -0.05) is 6.07 Å². The Labute approximate surface area is 97.9 Å². The summed E-state index contributed by atoms with van der Waals surface area (Å²) in [5.41, 5.74) is 6.24. The first-order valence-electron chi connectivity index (χ1n) is 5.02. The van der Waals surface area contributed by atoms with Gasteiger partial charge in [-0.3, -0.25) is 9.78 Å². The summed E-state index contributed by atoms with van der Waals surface area (Å²) in [6.45, 7) is 0.596. The van der Waals surface area contributed by atoms with Gasteiger partial charge in [0.2, 0.25) is 0 Å². The van der Waals surface area contributed by atoms with Gasteiger partial charge < -0.3 is 11.1 Å². The number of hydrogen-bond donors (Lipinski definition) is 2. The largest absolute Gasteiger partial charge is 0.364 e. The number of nitrogens with zero attached hydrogens (tertiary/aromatic N) is 3. The molecule has 0 aliphatic heterocycles. The average Bonchev–Trinajstić information content (AvgIpc) is 2.38. The fraction of sp³-hybridized carbons (Fsp3) is 0.0909. The number of nitrogens with one attached hydrogen (secondary N) is 1. The van der Waals surface area contributed by atoms with Crippen LogP contribution in [0.15, 0.2) is 36.7 Å². The molecule has 0 saturated heterocycles. The molecule has 0 aliphatic rings. The van der Waals surface area contributed by atoms with Gasteiger partial charge in [-0.05, 0) is 23.8 Å². The number of hydrogen-bond acceptors (Lipinski definition) is 5. The van der Waals surface area contributed by atoms with E-state index < -0.39 is 5.91 Å². The van der Waals surface area contributed by atoms with Crippen LogP contribution in [0.3, 0.4) is 0 Å². The van der Waals surface area contributed by atoms with E-state index >= 15 is 0 Å². The highest BCUT2D eigenvalue weighted by molar-refractivity contribution is 5.90. The summed E-state index contributed by atoms with van der Waals surface area (Å²) < 4.78 is 0. The van der Waals surface area contributed by atoms with Crippen molar-refractivity contribution < 1.29 is 4.79 Å². The highest BCUT2D eigenvalue weighted by atomic mass is 16.1. The molecule has 17 heavy (non-hydrogen) atoms. The normalized spacial score (nSPS) is 9.88. The van der Waals surface area contributed by atoms with Crippen molar-refractivity contribution in [2.75, 3.05) is 5.32 Å². The lowest BCUT2D eigenvalue weighted by Crippen LogP contribution is -2.14. The lowest BCUT2D eigenvalue weighted by Gasteiger charge is -2.04. The molecule has 0 aliphatic carbocycles. The van der Waals surface area contributed by atoms with Gasteiger partial charge in [-0.15, -0.1) is 10.2 Å². The molecule has 0 radical (unpaired) electrons. The Balaban J connectivity index is 1.98. The van der Waals surface area contributed by atoms with Crippen LogP contribution in [-0.2, 0) is 6.54 Å². The van der Waals surface area contributed by atoms with Crippen LogP contribution < -0.4 is 11.1 Å². The zero-order chi connectivity index (χ0) is 12.1. The maximum atomic E-state index is 10.8. The number of primary amides is 1. The molecule has 2 heterocycles. The molecule has 3 N–H and O–H groups in total. The molecule has 2 rings (SSSR count). The fourth-order valence-electron chi connectivity index (χ4n) is 1.25. The smallest absolute Gasteiger partial charge is 0.269 e. The van der Waals surface area contributed by atoms with Gasteiger partial charge in [0, 0.05) is 18.9 Å². The van der Waals surface area contributed by atoms with Crippen molar-refractivity contribution in [3.05, 3.63) is 47.9 Å². The van der Waals surface area contributed by atoms with E-state index in [4.69, 9.17) is 5.73 Å². The first-order valence-corrected chi connectivity index (χ1v) is 5.02. The predicted molar refractivity (Wildman–Crippen MR) is 62.1 cm³/mol. The minimum Gasteiger partial charge on any atom is -0.364 e. The molecule has 1 amide bonds. The third-order valence-corrected chi connectivity index (χ3v) is 2.11. The van der Waals surface area contributed by atoms with Crippen molar-refractivity contribution in [2.24, 2.45) is 5.73 Å². The van der Waals surface area contributed by atoms with Crippen LogP contribution in [0.4, 0.5) is 5.82 Å². The Morgan fingerprint density at radius 3 is 2.76 bits per heavy atom. The Morgan fingerprint density at radius 1 is 1.29 bits per heavy atom. The summed E-state index contributed by atoms with van der Waals surface area (Å²) >= 11 is 0. The predicted octanol–water partition coefficient (Wildman–Crippen LogP) is 0.583. The van der Waals surface area contributed by atoms with Crippen molar-refractivity contribution in [3.8, 4) is 0 Å². The minimum atomic E-state index is -0.587. The van der Waals surface area contributed by atoms with Gasteiger partial charge in [0.05, 0.1) is 0 Å². The Bertz CT molecular complexity index is 497. The molecular weight excluding hydrogens is 218 g/mol. The lowest BCUT2D eigenvalue weighted by atomic mass is 10.3. The van der Waals surface area contributed by atoms with Gasteiger partial charge in [0.25, 0.3) is 5.91 Å². The van der Waals surface area contributed by atoms with Gasteiger partial charge in [-0.2, -0.15) is 0 Å². The number of nitrogens with two attached hydrogens (primary N) is 1. The summed E-state index contributed by atoms with van der Waals surface area (Å²) in [5, 5.41) is 10.6. The highest BCUT2D eigenvalue weighted by Crippen LogP contribution is 2.04. The van der Waals surface area contributed by atoms with Crippen LogP contribution in [0.25, 0.3) is 0 Å². The molecule has 0 unspecified atom stereocenters. The molecule has 2 aromatic rings. The molecule has 0 saturated carbocycles. The molecular formula is C11H11N5O. The minimum absolute atomic E-state index is 0.150. The van der Waals surface area contributed by atoms with E-state index in [0.29, 0.717) is 12.4 Å². The monoisotopic (exact) mass is 229 g/mol. The summed E-state index contributed by atoms with van der Waals surface area (Å²) in [4.78, 5) is 14.8. The second kappa shape index (κ2) is 5.02. The van der Waals surface area contributed by atoms with Crippen LogP contribution in [0, 0.1) is 0 Å². The third kappa shape index (κ3) is 2.97. The second-order valence-corrected chi connectivity index (χ2v) is 3.38. The van der Waals surface area contributed by atoms with E-state index in [1.54, 1.807) is 18.5 Å². The zero-order valence-corrected chi connectivity index (χ0v) is 9.00. The topological polar surface area (TPSA) is 93.8 Å². The van der Waals surface area contributed by atoms with E-state index in [0.717, 1.165) is 5.56 Å². The summed E-state index contributed by atoms with van der Waals surface area (Å²) in [5.74, 6) is -0.00448. The molecule has 0 fully saturated rings. The van der Waals surface area contributed by atoms with Gasteiger partial charge >= 0.3 is 0 Å². The zero-order valence-electron chi connectivity index (χ0n) is 9.00. The van der Waals surface area contributed by atoms with Crippen molar-refractivity contribution in [1.82, 2.24) is 15.2 Å². The molecule has 2 aromatic heterocycles. The van der Waals surface area contributed by atoms with Crippen LogP contribution in [0.1, 0.15) is 16.1 Å². The number of carbonyl (C=O) groups is 1. The van der Waals surface area contributed by atoms with Crippen molar-refractivity contribution in [1.29, 1.82) is 0 Å².